The van der Waals surface area contributed by atoms with Crippen molar-refractivity contribution in [2.45, 2.75) is 23.7 Å². The first-order chi connectivity index (χ1) is 14.0. The van der Waals surface area contributed by atoms with Crippen molar-refractivity contribution in [1.29, 1.82) is 0 Å². The van der Waals surface area contributed by atoms with E-state index in [1.54, 1.807) is 34.7 Å². The van der Waals surface area contributed by atoms with E-state index in [9.17, 15) is 14.0 Å². The number of nitrogens with zero attached hydrogens (tertiary/aromatic N) is 1. The van der Waals surface area contributed by atoms with E-state index in [0.717, 1.165) is 16.2 Å². The van der Waals surface area contributed by atoms with Crippen LogP contribution in [-0.2, 0) is 23.6 Å². The molecule has 0 fully saturated rings. The van der Waals surface area contributed by atoms with E-state index in [1.807, 2.05) is 30.3 Å². The largest absolute Gasteiger partial charge is 0.491 e. The number of benzene rings is 2. The zero-order chi connectivity index (χ0) is 20.6. The van der Waals surface area contributed by atoms with Gasteiger partial charge in [-0.1, -0.05) is 30.3 Å². The Morgan fingerprint density at radius 2 is 1.86 bits per heavy atom. The fourth-order valence-electron chi connectivity index (χ4n) is 2.71. The monoisotopic (exact) mass is 412 g/mol. The number of aromatic nitrogens is 1. The summed E-state index contributed by atoms with van der Waals surface area (Å²) in [5, 5.41) is 2.81. The molecule has 1 heterocycles. The van der Waals surface area contributed by atoms with Crippen molar-refractivity contribution < 1.29 is 13.9 Å². The zero-order valence-electron chi connectivity index (χ0n) is 15.9. The number of hydrogen-bond acceptors (Lipinski definition) is 4. The van der Waals surface area contributed by atoms with Crippen molar-refractivity contribution in [3.63, 3.8) is 0 Å². The fraction of sp³-hybridized carbons (Fsp3) is 0.182. The highest BCUT2D eigenvalue weighted by atomic mass is 32.2. The average Bonchev–Trinajstić information content (AvgIpc) is 2.74. The topological polar surface area (TPSA) is 60.3 Å². The smallest absolute Gasteiger partial charge is 0.240 e. The van der Waals surface area contributed by atoms with Crippen LogP contribution in [0.4, 0.5) is 4.39 Å². The Balaban J connectivity index is 1.70. The molecule has 0 radical (unpaired) electrons. The van der Waals surface area contributed by atoms with Gasteiger partial charge >= 0.3 is 0 Å². The van der Waals surface area contributed by atoms with Gasteiger partial charge in [0.05, 0.1) is 13.3 Å². The second kappa shape index (κ2) is 9.93. The SMILES string of the molecule is COc1cn(CC(=O)NCc2ccc(F)cc2)c(CSc2ccccc2)cc1=O. The first kappa shape index (κ1) is 20.7. The first-order valence-electron chi connectivity index (χ1n) is 9.01. The number of pyridine rings is 1. The molecule has 1 aromatic heterocycles. The maximum absolute atomic E-state index is 13.0. The predicted molar refractivity (Wildman–Crippen MR) is 112 cm³/mol. The Kier molecular flexibility index (Phi) is 7.08. The van der Waals surface area contributed by atoms with Crippen LogP contribution in [0.5, 0.6) is 5.75 Å². The summed E-state index contributed by atoms with van der Waals surface area (Å²) in [6, 6.07) is 17.3. The molecule has 3 aromatic rings. The quantitative estimate of drug-likeness (QED) is 0.575. The van der Waals surface area contributed by atoms with E-state index < -0.39 is 0 Å². The highest BCUT2D eigenvalue weighted by molar-refractivity contribution is 7.98. The molecule has 7 heteroatoms. The average molecular weight is 412 g/mol. The number of ether oxygens (including phenoxy) is 1. The summed E-state index contributed by atoms with van der Waals surface area (Å²) in [6.07, 6.45) is 1.56. The lowest BCUT2D eigenvalue weighted by molar-refractivity contribution is -0.121. The number of halogens is 1. The van der Waals surface area contributed by atoms with E-state index in [4.69, 9.17) is 4.74 Å². The minimum absolute atomic E-state index is 0.0442. The number of carbonyl (C=O) groups is 1. The molecule has 29 heavy (non-hydrogen) atoms. The maximum atomic E-state index is 13.0. The molecule has 0 atom stereocenters. The highest BCUT2D eigenvalue weighted by Gasteiger charge is 2.11. The molecule has 1 N–H and O–H groups in total. The van der Waals surface area contributed by atoms with E-state index in [2.05, 4.69) is 5.32 Å². The minimum atomic E-state index is -0.319. The van der Waals surface area contributed by atoms with E-state index in [0.29, 0.717) is 12.3 Å². The van der Waals surface area contributed by atoms with Crippen LogP contribution < -0.4 is 15.5 Å². The summed E-state index contributed by atoms with van der Waals surface area (Å²) in [6.45, 7) is 0.340. The van der Waals surface area contributed by atoms with Gasteiger partial charge in [0, 0.05) is 29.0 Å². The van der Waals surface area contributed by atoms with Gasteiger partial charge in [-0.15, -0.1) is 11.8 Å². The van der Waals surface area contributed by atoms with Crippen LogP contribution in [-0.4, -0.2) is 17.6 Å². The molecule has 0 aliphatic carbocycles. The number of amides is 1. The van der Waals surface area contributed by atoms with Crippen LogP contribution in [0, 0.1) is 5.82 Å². The molecule has 0 unspecified atom stereocenters. The number of hydrogen-bond donors (Lipinski definition) is 1. The van der Waals surface area contributed by atoms with Crippen molar-refractivity contribution in [2.75, 3.05) is 7.11 Å². The van der Waals surface area contributed by atoms with Crippen molar-refractivity contribution >= 4 is 17.7 Å². The van der Waals surface area contributed by atoms with Gasteiger partial charge in [-0.2, -0.15) is 0 Å². The molecule has 0 saturated heterocycles. The van der Waals surface area contributed by atoms with Gasteiger partial charge in [0.1, 0.15) is 12.4 Å². The van der Waals surface area contributed by atoms with Crippen LogP contribution in [0.15, 0.2) is 76.6 Å². The maximum Gasteiger partial charge on any atom is 0.240 e. The molecular formula is C22H21FN2O3S. The van der Waals surface area contributed by atoms with Gasteiger partial charge < -0.3 is 14.6 Å². The van der Waals surface area contributed by atoms with Crippen LogP contribution in [0.2, 0.25) is 0 Å². The number of thioether (sulfide) groups is 1. The first-order valence-corrected chi connectivity index (χ1v) is 10.00. The third kappa shape index (κ3) is 5.96. The van der Waals surface area contributed by atoms with E-state index in [-0.39, 0.29) is 29.4 Å². The van der Waals surface area contributed by atoms with Crippen molar-refractivity contribution in [3.8, 4) is 5.75 Å². The Bertz CT molecular complexity index is 1020. The van der Waals surface area contributed by atoms with Crippen LogP contribution >= 0.6 is 11.8 Å². The lowest BCUT2D eigenvalue weighted by atomic mass is 10.2. The molecule has 0 saturated carbocycles. The second-order valence-corrected chi connectivity index (χ2v) is 7.38. The summed E-state index contributed by atoms with van der Waals surface area (Å²) in [7, 11) is 1.42. The molecular weight excluding hydrogens is 391 g/mol. The molecule has 3 rings (SSSR count). The van der Waals surface area contributed by atoms with Crippen molar-refractivity contribution in [2.24, 2.45) is 0 Å². The highest BCUT2D eigenvalue weighted by Crippen LogP contribution is 2.22. The zero-order valence-corrected chi connectivity index (χ0v) is 16.7. The van der Waals surface area contributed by atoms with Gasteiger partial charge in [-0.05, 0) is 29.8 Å². The van der Waals surface area contributed by atoms with Crippen LogP contribution in [0.1, 0.15) is 11.3 Å². The lowest BCUT2D eigenvalue weighted by Crippen LogP contribution is -2.28. The Morgan fingerprint density at radius 3 is 2.55 bits per heavy atom. The summed E-state index contributed by atoms with van der Waals surface area (Å²) in [4.78, 5) is 25.7. The molecule has 5 nitrogen and oxygen atoms in total. The van der Waals surface area contributed by atoms with Crippen LogP contribution in [0.25, 0.3) is 0 Å². The molecule has 150 valence electrons. The summed E-state index contributed by atoms with van der Waals surface area (Å²) in [5.41, 5.74) is 1.30. The molecule has 2 aromatic carbocycles. The molecule has 0 aliphatic rings. The minimum Gasteiger partial charge on any atom is -0.491 e. The summed E-state index contributed by atoms with van der Waals surface area (Å²) < 4.78 is 19.8. The van der Waals surface area contributed by atoms with E-state index in [1.165, 1.54) is 25.3 Å². The normalized spacial score (nSPS) is 10.6. The predicted octanol–water partition coefficient (Wildman–Crippen LogP) is 3.60. The van der Waals surface area contributed by atoms with Gasteiger partial charge in [-0.3, -0.25) is 9.59 Å². The third-order valence-corrected chi connectivity index (χ3v) is 5.29. The summed E-state index contributed by atoms with van der Waals surface area (Å²) in [5.74, 6) is 0.186. The van der Waals surface area contributed by atoms with Gasteiger partial charge in [0.25, 0.3) is 0 Å². The van der Waals surface area contributed by atoms with Gasteiger partial charge in [0.15, 0.2) is 5.75 Å². The number of methoxy groups -OCH3 is 1. The molecule has 0 aliphatic heterocycles. The van der Waals surface area contributed by atoms with Crippen molar-refractivity contribution in [1.82, 2.24) is 9.88 Å². The Labute approximate surface area is 172 Å². The van der Waals surface area contributed by atoms with Gasteiger partial charge in [-0.25, -0.2) is 4.39 Å². The lowest BCUT2D eigenvalue weighted by Gasteiger charge is -2.15. The van der Waals surface area contributed by atoms with Gasteiger partial charge in [0.2, 0.25) is 11.3 Å². The van der Waals surface area contributed by atoms with E-state index >= 15 is 0 Å². The molecule has 0 spiro atoms. The summed E-state index contributed by atoms with van der Waals surface area (Å²) >= 11 is 1.58. The van der Waals surface area contributed by atoms with Crippen LogP contribution in [0.3, 0.4) is 0 Å². The number of nitrogens with one attached hydrogen (secondary N) is 1. The molecule has 0 bridgehead atoms. The number of carbonyl (C=O) groups excluding carboxylic acids is 1. The van der Waals surface area contributed by atoms with Crippen molar-refractivity contribution in [3.05, 3.63) is 94.2 Å². The standard InChI is InChI=1S/C22H21FN2O3S/c1-28-21-13-25(14-22(27)24-12-16-7-9-17(23)10-8-16)18(11-20(21)26)15-29-19-5-3-2-4-6-19/h2-11,13H,12,14-15H2,1H3,(H,24,27). The molecule has 1 amide bonds. The Morgan fingerprint density at radius 1 is 1.14 bits per heavy atom. The fourth-order valence-corrected chi connectivity index (χ4v) is 3.62. The Hall–Kier alpha value is -3.06. The second-order valence-electron chi connectivity index (χ2n) is 6.33. The third-order valence-electron chi connectivity index (χ3n) is 4.25. The number of rotatable bonds is 8.